The quantitative estimate of drug-likeness (QED) is 0.798. The summed E-state index contributed by atoms with van der Waals surface area (Å²) >= 11 is 0. The lowest BCUT2D eigenvalue weighted by atomic mass is 10.1. The molecule has 1 amide bonds. The average Bonchev–Trinajstić information content (AvgIpc) is 3.06. The third kappa shape index (κ3) is 3.42. The van der Waals surface area contributed by atoms with Crippen LogP contribution in [-0.2, 0) is 6.42 Å². The van der Waals surface area contributed by atoms with E-state index < -0.39 is 11.7 Å². The number of anilines is 1. The lowest BCUT2D eigenvalue weighted by molar-refractivity contribution is 0.0991. The second kappa shape index (κ2) is 6.39. The summed E-state index contributed by atoms with van der Waals surface area (Å²) in [5.41, 5.74) is 2.23. The zero-order valence-corrected chi connectivity index (χ0v) is 12.4. The van der Waals surface area contributed by atoms with Gasteiger partial charge < -0.3 is 9.73 Å². The molecule has 0 spiro atoms. The van der Waals surface area contributed by atoms with Crippen LogP contribution in [0, 0.1) is 5.82 Å². The molecule has 0 saturated carbocycles. The number of benzene rings is 2. The van der Waals surface area contributed by atoms with Crippen LogP contribution in [-0.4, -0.2) is 16.1 Å². The van der Waals surface area contributed by atoms with Crippen LogP contribution in [0.25, 0.3) is 11.5 Å². The molecule has 0 aliphatic heterocycles. The van der Waals surface area contributed by atoms with Gasteiger partial charge in [-0.1, -0.05) is 25.1 Å². The maximum atomic E-state index is 13.2. The summed E-state index contributed by atoms with van der Waals surface area (Å²) in [7, 11) is 0. The van der Waals surface area contributed by atoms with Gasteiger partial charge in [0.25, 0.3) is 0 Å². The molecular weight excluding hydrogens is 297 g/mol. The van der Waals surface area contributed by atoms with Crippen LogP contribution < -0.4 is 5.32 Å². The largest absolute Gasteiger partial charge is 0.412 e. The summed E-state index contributed by atoms with van der Waals surface area (Å²) in [5.74, 6) is -1.01. The molecule has 3 aromatic rings. The number of rotatable bonds is 4. The van der Waals surface area contributed by atoms with E-state index in [1.165, 1.54) is 23.8 Å². The zero-order valence-electron chi connectivity index (χ0n) is 12.4. The highest BCUT2D eigenvalue weighted by Crippen LogP contribution is 2.19. The van der Waals surface area contributed by atoms with Gasteiger partial charge in [0.15, 0.2) is 0 Å². The second-order valence-corrected chi connectivity index (χ2v) is 4.93. The van der Waals surface area contributed by atoms with Gasteiger partial charge in [0.1, 0.15) is 5.82 Å². The highest BCUT2D eigenvalue weighted by atomic mass is 19.1. The number of carbonyl (C=O) groups is 1. The predicted octanol–water partition coefficient (Wildman–Crippen LogP) is 3.69. The molecule has 2 aromatic carbocycles. The maximum Gasteiger partial charge on any atom is 0.313 e. The first-order valence-corrected chi connectivity index (χ1v) is 7.15. The van der Waals surface area contributed by atoms with Gasteiger partial charge in [-0.05, 0) is 42.3 Å². The van der Waals surface area contributed by atoms with Gasteiger partial charge in [0, 0.05) is 11.3 Å². The summed E-state index contributed by atoms with van der Waals surface area (Å²) < 4.78 is 18.5. The third-order valence-corrected chi connectivity index (χ3v) is 3.31. The third-order valence-electron chi connectivity index (χ3n) is 3.31. The molecule has 3 rings (SSSR count). The monoisotopic (exact) mass is 311 g/mol. The van der Waals surface area contributed by atoms with Crippen LogP contribution in [0.1, 0.15) is 23.2 Å². The van der Waals surface area contributed by atoms with E-state index in [9.17, 15) is 9.18 Å². The molecule has 0 saturated heterocycles. The van der Waals surface area contributed by atoms with E-state index in [1.807, 2.05) is 12.1 Å². The molecule has 0 bridgehead atoms. The summed E-state index contributed by atoms with van der Waals surface area (Å²) in [6.45, 7) is 2.06. The fourth-order valence-corrected chi connectivity index (χ4v) is 2.06. The van der Waals surface area contributed by atoms with E-state index >= 15 is 0 Å². The summed E-state index contributed by atoms with van der Waals surface area (Å²) in [6, 6.07) is 13.2. The molecule has 0 aliphatic rings. The SMILES string of the molecule is CCc1ccc(NC(=O)c2nnc(-c3cccc(F)c3)o2)cc1. The number of carbonyl (C=O) groups excluding carboxylic acids is 1. The van der Waals surface area contributed by atoms with Crippen molar-refractivity contribution in [3.63, 3.8) is 0 Å². The van der Waals surface area contributed by atoms with Crippen molar-refractivity contribution >= 4 is 11.6 Å². The average molecular weight is 311 g/mol. The van der Waals surface area contributed by atoms with Crippen molar-refractivity contribution in [2.45, 2.75) is 13.3 Å². The highest BCUT2D eigenvalue weighted by molar-refractivity contribution is 6.00. The molecule has 116 valence electrons. The van der Waals surface area contributed by atoms with Crippen molar-refractivity contribution in [1.82, 2.24) is 10.2 Å². The van der Waals surface area contributed by atoms with Gasteiger partial charge >= 0.3 is 11.8 Å². The Morgan fingerprint density at radius 1 is 1.17 bits per heavy atom. The fraction of sp³-hybridized carbons (Fsp3) is 0.118. The van der Waals surface area contributed by atoms with E-state index in [-0.39, 0.29) is 11.8 Å². The molecule has 23 heavy (non-hydrogen) atoms. The van der Waals surface area contributed by atoms with E-state index in [0.717, 1.165) is 6.42 Å². The number of hydrogen-bond acceptors (Lipinski definition) is 4. The van der Waals surface area contributed by atoms with Gasteiger partial charge in [0.2, 0.25) is 5.89 Å². The number of halogens is 1. The van der Waals surface area contributed by atoms with Gasteiger partial charge in [-0.3, -0.25) is 4.79 Å². The Bertz CT molecular complexity index is 828. The summed E-state index contributed by atoms with van der Waals surface area (Å²) in [4.78, 5) is 12.1. The Morgan fingerprint density at radius 2 is 1.96 bits per heavy atom. The van der Waals surface area contributed by atoms with E-state index in [0.29, 0.717) is 11.3 Å². The molecule has 1 N–H and O–H groups in total. The summed E-state index contributed by atoms with van der Waals surface area (Å²) in [6.07, 6.45) is 0.925. The minimum atomic E-state index is -0.510. The fourth-order valence-electron chi connectivity index (χ4n) is 2.06. The van der Waals surface area contributed by atoms with Gasteiger partial charge in [-0.2, -0.15) is 0 Å². The minimum Gasteiger partial charge on any atom is -0.412 e. The molecule has 6 heteroatoms. The Kier molecular flexibility index (Phi) is 4.14. The molecule has 0 fully saturated rings. The van der Waals surface area contributed by atoms with Crippen molar-refractivity contribution in [3.8, 4) is 11.5 Å². The number of nitrogens with zero attached hydrogens (tertiary/aromatic N) is 2. The zero-order chi connectivity index (χ0) is 16.2. The van der Waals surface area contributed by atoms with Crippen LogP contribution in [0.2, 0.25) is 0 Å². The lowest BCUT2D eigenvalue weighted by Crippen LogP contribution is -2.12. The number of hydrogen-bond donors (Lipinski definition) is 1. The van der Waals surface area contributed by atoms with Crippen LogP contribution in [0.4, 0.5) is 10.1 Å². The maximum absolute atomic E-state index is 13.2. The van der Waals surface area contributed by atoms with Crippen molar-refractivity contribution in [3.05, 3.63) is 65.8 Å². The second-order valence-electron chi connectivity index (χ2n) is 4.93. The number of nitrogens with one attached hydrogen (secondary N) is 1. The van der Waals surface area contributed by atoms with E-state index in [1.54, 1.807) is 18.2 Å². The van der Waals surface area contributed by atoms with Gasteiger partial charge in [-0.15, -0.1) is 10.2 Å². The molecule has 0 radical (unpaired) electrons. The molecular formula is C17H14FN3O2. The predicted molar refractivity (Wildman–Crippen MR) is 83.5 cm³/mol. The molecule has 0 unspecified atom stereocenters. The molecule has 5 nitrogen and oxygen atoms in total. The highest BCUT2D eigenvalue weighted by Gasteiger charge is 2.16. The molecule has 0 atom stereocenters. The van der Waals surface area contributed by atoms with E-state index in [2.05, 4.69) is 22.4 Å². The Morgan fingerprint density at radius 3 is 2.65 bits per heavy atom. The first-order valence-electron chi connectivity index (χ1n) is 7.15. The number of aromatic nitrogens is 2. The number of aryl methyl sites for hydroxylation is 1. The summed E-state index contributed by atoms with van der Waals surface area (Å²) in [5, 5.41) is 10.2. The van der Waals surface area contributed by atoms with Crippen LogP contribution in [0.15, 0.2) is 52.9 Å². The van der Waals surface area contributed by atoms with Crippen LogP contribution >= 0.6 is 0 Å². The number of amides is 1. The van der Waals surface area contributed by atoms with Crippen molar-refractivity contribution < 1.29 is 13.6 Å². The van der Waals surface area contributed by atoms with E-state index in [4.69, 9.17) is 4.42 Å². The van der Waals surface area contributed by atoms with Crippen LogP contribution in [0.5, 0.6) is 0 Å². The molecule has 1 heterocycles. The topological polar surface area (TPSA) is 68.0 Å². The Labute approximate surface area is 132 Å². The van der Waals surface area contributed by atoms with Crippen molar-refractivity contribution in [2.24, 2.45) is 0 Å². The van der Waals surface area contributed by atoms with Crippen molar-refractivity contribution in [2.75, 3.05) is 5.32 Å². The van der Waals surface area contributed by atoms with Gasteiger partial charge in [-0.25, -0.2) is 4.39 Å². The Hall–Kier alpha value is -3.02. The van der Waals surface area contributed by atoms with Gasteiger partial charge in [0.05, 0.1) is 0 Å². The first kappa shape index (κ1) is 14.9. The standard InChI is InChI=1S/C17H14FN3O2/c1-2-11-6-8-14(9-7-11)19-15(22)17-21-20-16(23-17)12-4-3-5-13(18)10-12/h3-10H,2H2,1H3,(H,19,22). The first-order chi connectivity index (χ1) is 11.2. The molecule has 1 aromatic heterocycles. The van der Waals surface area contributed by atoms with Crippen molar-refractivity contribution in [1.29, 1.82) is 0 Å². The smallest absolute Gasteiger partial charge is 0.313 e. The van der Waals surface area contributed by atoms with Crippen LogP contribution in [0.3, 0.4) is 0 Å². The Balaban J connectivity index is 1.75. The lowest BCUT2D eigenvalue weighted by Gasteiger charge is -2.03. The molecule has 0 aliphatic carbocycles. The normalized spacial score (nSPS) is 10.5. The minimum absolute atomic E-state index is 0.0935.